The predicted octanol–water partition coefficient (Wildman–Crippen LogP) is 2.63. The highest BCUT2D eigenvalue weighted by Crippen LogP contribution is 2.28. The second-order valence-corrected chi connectivity index (χ2v) is 5.07. The standard InChI is InChI=1S/C12H15BrN2O3/c13-12-9(3-1-5-11(12)15(16)17)7-14-8-10-4-2-6-18-10/h1,3,5,10,14H,2,4,6-8H2. The molecule has 1 aromatic carbocycles. The van der Waals surface area contributed by atoms with E-state index in [1.807, 2.05) is 6.07 Å². The average molecular weight is 315 g/mol. The first kappa shape index (κ1) is 13.5. The van der Waals surface area contributed by atoms with Crippen molar-refractivity contribution in [1.29, 1.82) is 0 Å². The SMILES string of the molecule is O=[N+]([O-])c1cccc(CNCC2CCCO2)c1Br. The number of hydrogen-bond donors (Lipinski definition) is 1. The summed E-state index contributed by atoms with van der Waals surface area (Å²) in [5.74, 6) is 0. The Morgan fingerprint density at radius 2 is 2.39 bits per heavy atom. The van der Waals surface area contributed by atoms with Gasteiger partial charge in [-0.25, -0.2) is 0 Å². The van der Waals surface area contributed by atoms with Crippen molar-refractivity contribution in [3.05, 3.63) is 38.3 Å². The maximum absolute atomic E-state index is 10.8. The fraction of sp³-hybridized carbons (Fsp3) is 0.500. The van der Waals surface area contributed by atoms with Crippen LogP contribution in [0.5, 0.6) is 0 Å². The molecule has 5 nitrogen and oxygen atoms in total. The van der Waals surface area contributed by atoms with Crippen molar-refractivity contribution >= 4 is 21.6 Å². The number of hydrogen-bond acceptors (Lipinski definition) is 4. The van der Waals surface area contributed by atoms with Gasteiger partial charge in [-0.1, -0.05) is 12.1 Å². The molecule has 2 rings (SSSR count). The molecule has 0 saturated carbocycles. The largest absolute Gasteiger partial charge is 0.377 e. The topological polar surface area (TPSA) is 64.4 Å². The van der Waals surface area contributed by atoms with Gasteiger partial charge in [0.2, 0.25) is 0 Å². The lowest BCUT2D eigenvalue weighted by molar-refractivity contribution is -0.385. The van der Waals surface area contributed by atoms with Gasteiger partial charge in [0.05, 0.1) is 15.5 Å². The van der Waals surface area contributed by atoms with Crippen molar-refractivity contribution in [2.45, 2.75) is 25.5 Å². The Hall–Kier alpha value is -0.980. The van der Waals surface area contributed by atoms with Crippen LogP contribution in [0.1, 0.15) is 18.4 Å². The molecular formula is C12H15BrN2O3. The number of ether oxygens (including phenoxy) is 1. The van der Waals surface area contributed by atoms with Crippen LogP contribution >= 0.6 is 15.9 Å². The monoisotopic (exact) mass is 314 g/mol. The third kappa shape index (κ3) is 3.28. The van der Waals surface area contributed by atoms with Gasteiger partial charge in [0.25, 0.3) is 5.69 Å². The van der Waals surface area contributed by atoms with Crippen LogP contribution in [-0.4, -0.2) is 24.2 Å². The van der Waals surface area contributed by atoms with Crippen molar-refractivity contribution in [3.8, 4) is 0 Å². The lowest BCUT2D eigenvalue weighted by Gasteiger charge is -2.11. The number of nitrogens with zero attached hydrogens (tertiary/aromatic N) is 1. The van der Waals surface area contributed by atoms with E-state index in [2.05, 4.69) is 21.2 Å². The van der Waals surface area contributed by atoms with Crippen LogP contribution in [0.2, 0.25) is 0 Å². The van der Waals surface area contributed by atoms with Gasteiger partial charge in [-0.15, -0.1) is 0 Å². The Morgan fingerprint density at radius 3 is 3.06 bits per heavy atom. The zero-order chi connectivity index (χ0) is 13.0. The molecule has 18 heavy (non-hydrogen) atoms. The van der Waals surface area contributed by atoms with E-state index in [1.54, 1.807) is 6.07 Å². The fourth-order valence-corrected chi connectivity index (χ4v) is 2.57. The van der Waals surface area contributed by atoms with Crippen LogP contribution in [0.25, 0.3) is 0 Å². The molecule has 1 saturated heterocycles. The second-order valence-electron chi connectivity index (χ2n) is 4.27. The van der Waals surface area contributed by atoms with Gasteiger partial charge < -0.3 is 10.1 Å². The predicted molar refractivity (Wildman–Crippen MR) is 71.5 cm³/mol. The molecule has 1 aliphatic rings. The van der Waals surface area contributed by atoms with Crippen molar-refractivity contribution in [2.75, 3.05) is 13.2 Å². The summed E-state index contributed by atoms with van der Waals surface area (Å²) >= 11 is 3.28. The van der Waals surface area contributed by atoms with Gasteiger partial charge in [-0.3, -0.25) is 10.1 Å². The number of rotatable bonds is 5. The lowest BCUT2D eigenvalue weighted by Crippen LogP contribution is -2.25. The summed E-state index contributed by atoms with van der Waals surface area (Å²) < 4.78 is 6.05. The molecule has 1 atom stereocenters. The van der Waals surface area contributed by atoms with E-state index in [0.29, 0.717) is 11.0 Å². The highest BCUT2D eigenvalue weighted by Gasteiger charge is 2.17. The fourth-order valence-electron chi connectivity index (χ4n) is 2.02. The van der Waals surface area contributed by atoms with Crippen LogP contribution < -0.4 is 5.32 Å². The molecule has 0 aromatic heterocycles. The second kappa shape index (κ2) is 6.26. The smallest absolute Gasteiger partial charge is 0.283 e. The molecule has 0 amide bonds. The highest BCUT2D eigenvalue weighted by atomic mass is 79.9. The summed E-state index contributed by atoms with van der Waals surface area (Å²) in [6.45, 7) is 2.23. The van der Waals surface area contributed by atoms with Gasteiger partial charge in [0.1, 0.15) is 0 Å². The Bertz CT molecular complexity index is 433. The summed E-state index contributed by atoms with van der Waals surface area (Å²) in [6.07, 6.45) is 2.48. The van der Waals surface area contributed by atoms with Crippen molar-refractivity contribution < 1.29 is 9.66 Å². The molecule has 1 N–H and O–H groups in total. The third-order valence-corrected chi connectivity index (χ3v) is 3.88. The minimum absolute atomic E-state index is 0.103. The van der Waals surface area contributed by atoms with E-state index >= 15 is 0 Å². The molecule has 6 heteroatoms. The minimum Gasteiger partial charge on any atom is -0.377 e. The first-order valence-electron chi connectivity index (χ1n) is 5.92. The van der Waals surface area contributed by atoms with Gasteiger partial charge in [0, 0.05) is 25.8 Å². The van der Waals surface area contributed by atoms with Crippen LogP contribution in [0.3, 0.4) is 0 Å². The van der Waals surface area contributed by atoms with Crippen LogP contribution in [0.15, 0.2) is 22.7 Å². The zero-order valence-electron chi connectivity index (χ0n) is 9.89. The summed E-state index contributed by atoms with van der Waals surface area (Å²) in [5.41, 5.74) is 0.994. The molecule has 0 bridgehead atoms. The van der Waals surface area contributed by atoms with Crippen LogP contribution in [-0.2, 0) is 11.3 Å². The normalized spacial score (nSPS) is 19.1. The van der Waals surface area contributed by atoms with E-state index in [4.69, 9.17) is 4.74 Å². The van der Waals surface area contributed by atoms with Crippen molar-refractivity contribution in [3.63, 3.8) is 0 Å². The third-order valence-electron chi connectivity index (χ3n) is 2.97. The quantitative estimate of drug-likeness (QED) is 0.670. The van der Waals surface area contributed by atoms with Gasteiger partial charge in [-0.2, -0.15) is 0 Å². The highest BCUT2D eigenvalue weighted by molar-refractivity contribution is 9.10. The number of nitrogens with one attached hydrogen (secondary N) is 1. The summed E-state index contributed by atoms with van der Waals surface area (Å²) in [6, 6.07) is 5.07. The Labute approximate surface area is 114 Å². The molecule has 1 aliphatic heterocycles. The number of halogens is 1. The summed E-state index contributed by atoms with van der Waals surface area (Å²) in [7, 11) is 0. The minimum atomic E-state index is -0.381. The van der Waals surface area contributed by atoms with Crippen LogP contribution in [0.4, 0.5) is 5.69 Å². The molecule has 0 aliphatic carbocycles. The van der Waals surface area contributed by atoms with Gasteiger partial charge in [0.15, 0.2) is 0 Å². The van der Waals surface area contributed by atoms with E-state index in [9.17, 15) is 10.1 Å². The molecule has 1 fully saturated rings. The lowest BCUT2D eigenvalue weighted by atomic mass is 10.2. The van der Waals surface area contributed by atoms with E-state index in [1.165, 1.54) is 6.07 Å². The Morgan fingerprint density at radius 1 is 1.56 bits per heavy atom. The molecule has 0 radical (unpaired) electrons. The van der Waals surface area contributed by atoms with Crippen molar-refractivity contribution in [1.82, 2.24) is 5.32 Å². The molecular weight excluding hydrogens is 300 g/mol. The molecule has 1 aromatic rings. The maximum Gasteiger partial charge on any atom is 0.283 e. The van der Waals surface area contributed by atoms with Gasteiger partial charge in [-0.05, 0) is 34.3 Å². The Kier molecular flexibility index (Phi) is 4.68. The molecule has 0 spiro atoms. The maximum atomic E-state index is 10.8. The first-order valence-corrected chi connectivity index (χ1v) is 6.72. The first-order chi connectivity index (χ1) is 8.68. The van der Waals surface area contributed by atoms with Gasteiger partial charge >= 0.3 is 0 Å². The van der Waals surface area contributed by atoms with E-state index < -0.39 is 0 Å². The average Bonchev–Trinajstić information content (AvgIpc) is 2.84. The molecule has 98 valence electrons. The number of nitro benzene ring substituents is 1. The number of nitro groups is 1. The van der Waals surface area contributed by atoms with Crippen LogP contribution in [0, 0.1) is 10.1 Å². The van der Waals surface area contributed by atoms with E-state index in [0.717, 1.165) is 31.6 Å². The molecule has 1 heterocycles. The van der Waals surface area contributed by atoms with Crippen molar-refractivity contribution in [2.24, 2.45) is 0 Å². The Balaban J connectivity index is 1.92. The van der Waals surface area contributed by atoms with E-state index in [-0.39, 0.29) is 16.7 Å². The summed E-state index contributed by atoms with van der Waals surface area (Å²) in [5, 5.41) is 14.1. The molecule has 1 unspecified atom stereocenters. The zero-order valence-corrected chi connectivity index (χ0v) is 11.5. The number of benzene rings is 1. The summed E-state index contributed by atoms with van der Waals surface area (Å²) in [4.78, 5) is 10.4.